The van der Waals surface area contributed by atoms with Gasteiger partial charge in [0.25, 0.3) is 0 Å². The quantitative estimate of drug-likeness (QED) is 0.745. The summed E-state index contributed by atoms with van der Waals surface area (Å²) in [6.07, 6.45) is 2.92. The van der Waals surface area contributed by atoms with Crippen molar-refractivity contribution in [1.29, 1.82) is 0 Å². The molecule has 0 bridgehead atoms. The van der Waals surface area contributed by atoms with Crippen LogP contribution in [0.15, 0.2) is 10.7 Å². The van der Waals surface area contributed by atoms with Crippen LogP contribution >= 0.6 is 15.9 Å². The number of hydrogen-bond acceptors (Lipinski definition) is 5. The van der Waals surface area contributed by atoms with Gasteiger partial charge in [0.15, 0.2) is 0 Å². The average Bonchev–Trinajstić information content (AvgIpc) is 2.31. The third-order valence-corrected chi connectivity index (χ3v) is 2.79. The number of anilines is 2. The van der Waals surface area contributed by atoms with Gasteiger partial charge in [-0.2, -0.15) is 4.98 Å². The highest BCUT2D eigenvalue weighted by atomic mass is 79.9. The monoisotopic (exact) mass is 288 g/mol. The van der Waals surface area contributed by atoms with Crippen LogP contribution in [-0.4, -0.2) is 34.8 Å². The van der Waals surface area contributed by atoms with Crippen molar-refractivity contribution in [2.24, 2.45) is 0 Å². The van der Waals surface area contributed by atoms with Gasteiger partial charge in [0.2, 0.25) is 5.95 Å². The fourth-order valence-electron chi connectivity index (χ4n) is 1.17. The number of nitrogens with zero attached hydrogens (tertiary/aromatic N) is 2. The van der Waals surface area contributed by atoms with E-state index in [1.165, 1.54) is 0 Å². The molecular weight excluding hydrogens is 272 g/mol. The third kappa shape index (κ3) is 3.94. The van der Waals surface area contributed by atoms with Crippen molar-refractivity contribution in [2.75, 3.05) is 24.2 Å². The first kappa shape index (κ1) is 13.2. The Labute approximate surface area is 104 Å². The van der Waals surface area contributed by atoms with Gasteiger partial charge in [-0.05, 0) is 28.8 Å². The minimum absolute atomic E-state index is 0.253. The zero-order chi connectivity index (χ0) is 12.0. The van der Waals surface area contributed by atoms with Gasteiger partial charge >= 0.3 is 0 Å². The zero-order valence-corrected chi connectivity index (χ0v) is 11.1. The maximum Gasteiger partial charge on any atom is 0.224 e. The van der Waals surface area contributed by atoms with Crippen LogP contribution in [-0.2, 0) is 0 Å². The molecule has 1 aromatic rings. The second kappa shape index (κ2) is 6.65. The highest BCUT2D eigenvalue weighted by Gasteiger charge is 2.05. The number of rotatable bonds is 6. The molecule has 0 aliphatic rings. The van der Waals surface area contributed by atoms with Crippen molar-refractivity contribution in [3.8, 4) is 0 Å². The number of aliphatic hydroxyl groups is 1. The highest BCUT2D eigenvalue weighted by molar-refractivity contribution is 9.10. The summed E-state index contributed by atoms with van der Waals surface area (Å²) in [6, 6.07) is 0. The van der Waals surface area contributed by atoms with Gasteiger partial charge < -0.3 is 15.7 Å². The van der Waals surface area contributed by atoms with Crippen molar-refractivity contribution in [1.82, 2.24) is 9.97 Å². The normalized spacial score (nSPS) is 12.2. The first-order valence-corrected chi connectivity index (χ1v) is 6.09. The molecule has 16 heavy (non-hydrogen) atoms. The van der Waals surface area contributed by atoms with E-state index in [1.807, 2.05) is 6.92 Å². The van der Waals surface area contributed by atoms with E-state index in [4.69, 9.17) is 0 Å². The van der Waals surface area contributed by atoms with Crippen LogP contribution in [0.1, 0.15) is 19.8 Å². The summed E-state index contributed by atoms with van der Waals surface area (Å²) in [5.74, 6) is 1.31. The number of nitrogens with one attached hydrogen (secondary N) is 2. The van der Waals surface area contributed by atoms with Gasteiger partial charge in [0, 0.05) is 19.8 Å². The van der Waals surface area contributed by atoms with Gasteiger partial charge in [-0.15, -0.1) is 0 Å². The van der Waals surface area contributed by atoms with Crippen LogP contribution in [0, 0.1) is 0 Å². The van der Waals surface area contributed by atoms with Crippen LogP contribution in [0.2, 0.25) is 0 Å². The van der Waals surface area contributed by atoms with Crippen LogP contribution in [0.5, 0.6) is 0 Å². The Balaban J connectivity index is 2.52. The standard InChI is InChI=1S/C10H17BrN4O/c1-3-7(16)4-5-13-9-8(11)6-14-10(12-2)15-9/h6-7,16H,3-5H2,1-2H3,(H2,12,13,14,15). The Morgan fingerprint density at radius 3 is 2.94 bits per heavy atom. The molecular formula is C10H17BrN4O. The maximum atomic E-state index is 9.41. The number of hydrogen-bond donors (Lipinski definition) is 3. The Kier molecular flexibility index (Phi) is 5.48. The fourth-order valence-corrected chi connectivity index (χ4v) is 1.50. The number of halogens is 1. The van der Waals surface area contributed by atoms with Gasteiger partial charge in [-0.25, -0.2) is 4.98 Å². The Morgan fingerprint density at radius 2 is 2.31 bits per heavy atom. The van der Waals surface area contributed by atoms with E-state index in [9.17, 15) is 5.11 Å². The predicted molar refractivity (Wildman–Crippen MR) is 68.7 cm³/mol. The van der Waals surface area contributed by atoms with Crippen molar-refractivity contribution in [3.63, 3.8) is 0 Å². The maximum absolute atomic E-state index is 9.41. The second-order valence-corrected chi connectivity index (χ2v) is 4.27. The predicted octanol–water partition coefficient (Wildman–Crippen LogP) is 1.85. The Morgan fingerprint density at radius 1 is 1.56 bits per heavy atom. The molecule has 90 valence electrons. The molecule has 3 N–H and O–H groups in total. The van der Waals surface area contributed by atoms with E-state index in [-0.39, 0.29) is 6.10 Å². The number of aromatic nitrogens is 2. The van der Waals surface area contributed by atoms with Crippen molar-refractivity contribution in [2.45, 2.75) is 25.9 Å². The third-order valence-electron chi connectivity index (χ3n) is 2.21. The summed E-state index contributed by atoms with van der Waals surface area (Å²) in [7, 11) is 1.77. The fraction of sp³-hybridized carbons (Fsp3) is 0.600. The lowest BCUT2D eigenvalue weighted by Crippen LogP contribution is -2.13. The minimum atomic E-state index is -0.253. The Hall–Kier alpha value is -0.880. The molecule has 1 heterocycles. The smallest absolute Gasteiger partial charge is 0.224 e. The largest absolute Gasteiger partial charge is 0.393 e. The molecule has 0 radical (unpaired) electrons. The van der Waals surface area contributed by atoms with E-state index in [0.29, 0.717) is 18.9 Å². The van der Waals surface area contributed by atoms with Crippen molar-refractivity contribution >= 4 is 27.7 Å². The molecule has 1 rings (SSSR count). The molecule has 0 saturated heterocycles. The highest BCUT2D eigenvalue weighted by Crippen LogP contribution is 2.19. The van der Waals surface area contributed by atoms with Crippen LogP contribution < -0.4 is 10.6 Å². The summed E-state index contributed by atoms with van der Waals surface area (Å²) in [6.45, 7) is 2.65. The molecule has 0 spiro atoms. The van der Waals surface area contributed by atoms with Gasteiger partial charge in [-0.3, -0.25) is 0 Å². The van der Waals surface area contributed by atoms with Crippen molar-refractivity contribution < 1.29 is 5.11 Å². The summed E-state index contributed by atoms with van der Waals surface area (Å²) in [5.41, 5.74) is 0. The average molecular weight is 289 g/mol. The first-order chi connectivity index (χ1) is 7.67. The van der Waals surface area contributed by atoms with E-state index < -0.39 is 0 Å². The van der Waals surface area contributed by atoms with E-state index in [1.54, 1.807) is 13.2 Å². The minimum Gasteiger partial charge on any atom is -0.393 e. The van der Waals surface area contributed by atoms with Crippen LogP contribution in [0.25, 0.3) is 0 Å². The molecule has 0 aliphatic heterocycles. The van der Waals surface area contributed by atoms with Gasteiger partial charge in [0.05, 0.1) is 10.6 Å². The summed E-state index contributed by atoms with van der Waals surface area (Å²) in [4.78, 5) is 8.31. The summed E-state index contributed by atoms with van der Waals surface area (Å²) >= 11 is 3.37. The first-order valence-electron chi connectivity index (χ1n) is 5.29. The van der Waals surface area contributed by atoms with E-state index in [2.05, 4.69) is 36.5 Å². The van der Waals surface area contributed by atoms with E-state index in [0.717, 1.165) is 16.7 Å². The molecule has 0 saturated carbocycles. The molecule has 1 aromatic heterocycles. The van der Waals surface area contributed by atoms with Crippen LogP contribution in [0.4, 0.5) is 11.8 Å². The van der Waals surface area contributed by atoms with Crippen LogP contribution in [0.3, 0.4) is 0 Å². The molecule has 1 unspecified atom stereocenters. The summed E-state index contributed by atoms with van der Waals surface area (Å²) in [5, 5.41) is 15.4. The van der Waals surface area contributed by atoms with Gasteiger partial charge in [-0.1, -0.05) is 6.92 Å². The number of aliphatic hydroxyl groups excluding tert-OH is 1. The van der Waals surface area contributed by atoms with Crippen molar-refractivity contribution in [3.05, 3.63) is 10.7 Å². The molecule has 0 aliphatic carbocycles. The lowest BCUT2D eigenvalue weighted by atomic mass is 10.2. The molecule has 0 amide bonds. The molecule has 5 nitrogen and oxygen atoms in total. The van der Waals surface area contributed by atoms with Gasteiger partial charge in [0.1, 0.15) is 5.82 Å². The second-order valence-electron chi connectivity index (χ2n) is 3.42. The lowest BCUT2D eigenvalue weighted by molar-refractivity contribution is 0.164. The van der Waals surface area contributed by atoms with E-state index >= 15 is 0 Å². The topological polar surface area (TPSA) is 70.1 Å². The lowest BCUT2D eigenvalue weighted by Gasteiger charge is -2.11. The molecule has 0 fully saturated rings. The Bertz CT molecular complexity index is 335. The molecule has 1 atom stereocenters. The molecule has 0 aromatic carbocycles. The zero-order valence-electron chi connectivity index (χ0n) is 9.50. The molecule has 6 heteroatoms. The SMILES string of the molecule is CCC(O)CCNc1nc(NC)ncc1Br. The summed E-state index contributed by atoms with van der Waals surface area (Å²) < 4.78 is 0.817.